The van der Waals surface area contributed by atoms with Gasteiger partial charge in [0.2, 0.25) is 5.91 Å². The van der Waals surface area contributed by atoms with Gasteiger partial charge in [0.25, 0.3) is 0 Å². The first-order chi connectivity index (χ1) is 14.3. The normalized spacial score (nSPS) is 18.2. The van der Waals surface area contributed by atoms with Gasteiger partial charge in [-0.3, -0.25) is 4.79 Å². The lowest BCUT2D eigenvalue weighted by Gasteiger charge is -2.27. The molecule has 2 heterocycles. The molecule has 3 aromatic rings. The number of fused-ring (bicyclic) bond motifs is 2. The lowest BCUT2D eigenvalue weighted by Crippen LogP contribution is -2.30. The summed E-state index contributed by atoms with van der Waals surface area (Å²) in [5.74, 6) is 1.83. The number of hydrogen-bond acceptors (Lipinski definition) is 3. The number of benzene rings is 3. The van der Waals surface area contributed by atoms with Crippen molar-refractivity contribution in [1.82, 2.24) is 4.90 Å². The summed E-state index contributed by atoms with van der Waals surface area (Å²) < 4.78 is 11.4. The van der Waals surface area contributed by atoms with Gasteiger partial charge in [-0.25, -0.2) is 0 Å². The molecule has 2 aliphatic rings. The van der Waals surface area contributed by atoms with Crippen LogP contribution in [0.3, 0.4) is 0 Å². The summed E-state index contributed by atoms with van der Waals surface area (Å²) in [6.07, 6.45) is 3.36. The highest BCUT2D eigenvalue weighted by Gasteiger charge is 2.30. The third-order valence-electron chi connectivity index (χ3n) is 5.97. The molecule has 0 radical (unpaired) electrons. The molecule has 1 saturated heterocycles. The second-order valence-corrected chi connectivity index (χ2v) is 7.83. The summed E-state index contributed by atoms with van der Waals surface area (Å²) in [4.78, 5) is 15.1. The molecule has 0 saturated carbocycles. The van der Waals surface area contributed by atoms with Crippen molar-refractivity contribution in [2.45, 2.75) is 31.7 Å². The summed E-state index contributed by atoms with van der Waals surface area (Å²) >= 11 is 0. The molecule has 1 fully saturated rings. The summed E-state index contributed by atoms with van der Waals surface area (Å²) in [7, 11) is 0. The minimum Gasteiger partial charge on any atom is -0.486 e. The maximum absolute atomic E-state index is 13.0. The Morgan fingerprint density at radius 3 is 2.66 bits per heavy atom. The van der Waals surface area contributed by atoms with Gasteiger partial charge in [-0.2, -0.15) is 0 Å². The average Bonchev–Trinajstić information content (AvgIpc) is 3.27. The van der Waals surface area contributed by atoms with Crippen LogP contribution in [0.2, 0.25) is 0 Å². The molecular weight excluding hydrogens is 362 g/mol. The van der Waals surface area contributed by atoms with Crippen LogP contribution in [-0.2, 0) is 11.2 Å². The van der Waals surface area contributed by atoms with Crippen molar-refractivity contribution in [3.8, 4) is 11.5 Å². The Morgan fingerprint density at radius 1 is 0.931 bits per heavy atom. The number of ether oxygens (including phenoxy) is 2. The van der Waals surface area contributed by atoms with E-state index in [-0.39, 0.29) is 11.9 Å². The number of likely N-dealkylation sites (tertiary alicyclic amines) is 1. The Bertz CT molecular complexity index is 1050. The van der Waals surface area contributed by atoms with E-state index in [0.29, 0.717) is 19.6 Å². The largest absolute Gasteiger partial charge is 0.486 e. The van der Waals surface area contributed by atoms with Crippen molar-refractivity contribution >= 4 is 16.7 Å². The highest BCUT2D eigenvalue weighted by molar-refractivity contribution is 5.83. The maximum atomic E-state index is 13.0. The minimum atomic E-state index is 0.134. The molecule has 0 bridgehead atoms. The molecule has 0 aliphatic carbocycles. The molecule has 0 N–H and O–H groups in total. The number of nitrogens with zero attached hydrogens (tertiary/aromatic N) is 1. The van der Waals surface area contributed by atoms with Crippen molar-refractivity contribution in [2.75, 3.05) is 19.8 Å². The van der Waals surface area contributed by atoms with Gasteiger partial charge in [0.05, 0.1) is 6.04 Å². The first kappa shape index (κ1) is 18.0. The monoisotopic (exact) mass is 387 g/mol. The lowest BCUT2D eigenvalue weighted by molar-refractivity contribution is -0.132. The number of hydrogen-bond donors (Lipinski definition) is 0. The van der Waals surface area contributed by atoms with E-state index in [2.05, 4.69) is 48.5 Å². The SMILES string of the molecule is O=C(CCc1ccc2ccccc2c1)N1CCCC1c1ccc2c(c1)OCCO2. The molecule has 1 unspecified atom stereocenters. The van der Waals surface area contributed by atoms with Crippen LogP contribution < -0.4 is 9.47 Å². The fourth-order valence-electron chi connectivity index (χ4n) is 4.47. The zero-order valence-electron chi connectivity index (χ0n) is 16.5. The number of amides is 1. The van der Waals surface area contributed by atoms with Crippen molar-refractivity contribution in [3.63, 3.8) is 0 Å². The average molecular weight is 387 g/mol. The van der Waals surface area contributed by atoms with Crippen LogP contribution in [0.15, 0.2) is 60.7 Å². The molecule has 29 heavy (non-hydrogen) atoms. The maximum Gasteiger partial charge on any atom is 0.223 e. The fraction of sp³-hybridized carbons (Fsp3) is 0.320. The van der Waals surface area contributed by atoms with Crippen LogP contribution in [0.1, 0.15) is 36.4 Å². The van der Waals surface area contributed by atoms with E-state index >= 15 is 0 Å². The molecule has 2 aliphatic heterocycles. The Kier molecular flexibility index (Phi) is 4.84. The topological polar surface area (TPSA) is 38.8 Å². The highest BCUT2D eigenvalue weighted by atomic mass is 16.6. The van der Waals surface area contributed by atoms with E-state index in [9.17, 15) is 4.79 Å². The van der Waals surface area contributed by atoms with Crippen molar-refractivity contribution < 1.29 is 14.3 Å². The predicted molar refractivity (Wildman–Crippen MR) is 113 cm³/mol. The second-order valence-electron chi connectivity index (χ2n) is 7.83. The van der Waals surface area contributed by atoms with E-state index in [4.69, 9.17) is 9.47 Å². The molecule has 3 aromatic carbocycles. The van der Waals surface area contributed by atoms with Gasteiger partial charge in [-0.15, -0.1) is 0 Å². The lowest BCUT2D eigenvalue weighted by atomic mass is 10.0. The van der Waals surface area contributed by atoms with E-state index in [1.807, 2.05) is 17.0 Å². The van der Waals surface area contributed by atoms with Gasteiger partial charge >= 0.3 is 0 Å². The quantitative estimate of drug-likeness (QED) is 0.639. The van der Waals surface area contributed by atoms with Gasteiger partial charge in [0.15, 0.2) is 11.5 Å². The first-order valence-corrected chi connectivity index (χ1v) is 10.4. The van der Waals surface area contributed by atoms with Crippen LogP contribution >= 0.6 is 0 Å². The molecular formula is C25H25NO3. The Balaban J connectivity index is 1.28. The van der Waals surface area contributed by atoms with E-state index < -0.39 is 0 Å². The fourth-order valence-corrected chi connectivity index (χ4v) is 4.47. The Hall–Kier alpha value is -3.01. The highest BCUT2D eigenvalue weighted by Crippen LogP contribution is 2.38. The van der Waals surface area contributed by atoms with Gasteiger partial charge < -0.3 is 14.4 Å². The van der Waals surface area contributed by atoms with E-state index in [0.717, 1.165) is 42.9 Å². The number of carbonyl (C=O) groups is 1. The van der Waals surface area contributed by atoms with Crippen LogP contribution in [0.25, 0.3) is 10.8 Å². The Morgan fingerprint density at radius 2 is 1.76 bits per heavy atom. The molecule has 0 aromatic heterocycles. The van der Waals surface area contributed by atoms with Crippen LogP contribution in [0.5, 0.6) is 11.5 Å². The summed E-state index contributed by atoms with van der Waals surface area (Å²) in [5.41, 5.74) is 2.36. The van der Waals surface area contributed by atoms with Gasteiger partial charge in [0.1, 0.15) is 13.2 Å². The third-order valence-corrected chi connectivity index (χ3v) is 5.97. The molecule has 148 valence electrons. The minimum absolute atomic E-state index is 0.134. The van der Waals surface area contributed by atoms with Gasteiger partial charge in [0, 0.05) is 13.0 Å². The zero-order valence-corrected chi connectivity index (χ0v) is 16.5. The van der Waals surface area contributed by atoms with Crippen molar-refractivity contribution in [3.05, 3.63) is 71.8 Å². The molecule has 4 heteroatoms. The van der Waals surface area contributed by atoms with Crippen LogP contribution in [-0.4, -0.2) is 30.6 Å². The number of rotatable bonds is 4. The number of carbonyl (C=O) groups excluding carboxylic acids is 1. The van der Waals surface area contributed by atoms with Crippen molar-refractivity contribution in [1.29, 1.82) is 0 Å². The van der Waals surface area contributed by atoms with Gasteiger partial charge in [-0.1, -0.05) is 48.5 Å². The Labute approximate surface area is 171 Å². The summed E-state index contributed by atoms with van der Waals surface area (Å²) in [6.45, 7) is 2.00. The van der Waals surface area contributed by atoms with Crippen molar-refractivity contribution in [2.24, 2.45) is 0 Å². The zero-order chi connectivity index (χ0) is 19.6. The van der Waals surface area contributed by atoms with Crippen LogP contribution in [0.4, 0.5) is 0 Å². The molecule has 4 nitrogen and oxygen atoms in total. The number of aryl methyl sites for hydroxylation is 1. The molecule has 5 rings (SSSR count). The molecule has 1 atom stereocenters. The first-order valence-electron chi connectivity index (χ1n) is 10.4. The second kappa shape index (κ2) is 7.78. The van der Waals surface area contributed by atoms with E-state index in [1.54, 1.807) is 0 Å². The summed E-state index contributed by atoms with van der Waals surface area (Å²) in [5, 5.41) is 2.47. The smallest absolute Gasteiger partial charge is 0.223 e. The third kappa shape index (κ3) is 3.67. The molecule has 0 spiro atoms. The molecule has 1 amide bonds. The standard InChI is InChI=1S/C25H25NO3/c27-25(12-8-18-7-9-19-4-1-2-5-20(19)16-18)26-13-3-6-22(26)21-10-11-23-24(17-21)29-15-14-28-23/h1-2,4-5,7,9-11,16-17,22H,3,6,8,12-15H2. The van der Waals surface area contributed by atoms with E-state index in [1.165, 1.54) is 16.3 Å². The van der Waals surface area contributed by atoms with Crippen LogP contribution in [0, 0.1) is 0 Å². The predicted octanol–water partition coefficient (Wildman–Crippen LogP) is 4.91. The van der Waals surface area contributed by atoms with Gasteiger partial charge in [-0.05, 0) is 53.3 Å². The summed E-state index contributed by atoms with van der Waals surface area (Å²) in [6, 6.07) is 21.1.